The van der Waals surface area contributed by atoms with Crippen LogP contribution in [0.4, 0.5) is 5.95 Å². The quantitative estimate of drug-likeness (QED) is 0.905. The van der Waals surface area contributed by atoms with Crippen molar-refractivity contribution in [3.63, 3.8) is 0 Å². The largest absolute Gasteiger partial charge is 0.438 e. The van der Waals surface area contributed by atoms with E-state index >= 15 is 0 Å². The van der Waals surface area contributed by atoms with Gasteiger partial charge in [0.2, 0.25) is 11.8 Å². The molecule has 100 valence electrons. The molecule has 1 aromatic heterocycles. The minimum absolute atomic E-state index is 0.192. The smallest absolute Gasteiger partial charge is 0.238 e. The first kappa shape index (κ1) is 13.8. The summed E-state index contributed by atoms with van der Waals surface area (Å²) in [6, 6.07) is 8.03. The van der Waals surface area contributed by atoms with Crippen LogP contribution in [0, 0.1) is 0 Å². The highest BCUT2D eigenvalue weighted by atomic mass is 79.9. The molecule has 0 saturated carbocycles. The van der Waals surface area contributed by atoms with Gasteiger partial charge in [-0.25, -0.2) is 4.98 Å². The summed E-state index contributed by atoms with van der Waals surface area (Å²) >= 11 is 3.33. The summed E-state index contributed by atoms with van der Waals surface area (Å²) in [6.45, 7) is 2.19. The highest BCUT2D eigenvalue weighted by molar-refractivity contribution is 9.10. The number of aryl methyl sites for hydroxylation is 1. The van der Waals surface area contributed by atoms with E-state index in [1.807, 2.05) is 12.1 Å². The van der Waals surface area contributed by atoms with Gasteiger partial charge in [0, 0.05) is 0 Å². The van der Waals surface area contributed by atoms with Gasteiger partial charge in [-0.05, 0) is 46.5 Å². The fourth-order valence-corrected chi connectivity index (χ4v) is 1.92. The number of unbranched alkanes of at least 4 members (excludes halogenated alkanes) is 1. The molecule has 0 saturated heterocycles. The maximum Gasteiger partial charge on any atom is 0.238 e. The lowest BCUT2D eigenvalue weighted by Crippen LogP contribution is -1.97. The van der Waals surface area contributed by atoms with Gasteiger partial charge in [0.05, 0.1) is 10.7 Å². The van der Waals surface area contributed by atoms with Crippen molar-refractivity contribution in [2.75, 3.05) is 5.73 Å². The topological polar surface area (TPSA) is 61.0 Å². The molecule has 0 amide bonds. The Kier molecular flexibility index (Phi) is 4.74. The van der Waals surface area contributed by atoms with Crippen molar-refractivity contribution < 1.29 is 4.74 Å². The number of nitrogen functional groups attached to an aromatic ring is 1. The van der Waals surface area contributed by atoms with Crippen LogP contribution in [0.25, 0.3) is 0 Å². The van der Waals surface area contributed by atoms with Crippen molar-refractivity contribution in [1.29, 1.82) is 0 Å². The molecule has 0 atom stereocenters. The Hall–Kier alpha value is -1.62. The molecule has 1 aromatic carbocycles. The van der Waals surface area contributed by atoms with Crippen LogP contribution in [-0.2, 0) is 6.42 Å². The molecule has 2 rings (SSSR count). The van der Waals surface area contributed by atoms with E-state index in [1.54, 1.807) is 6.20 Å². The molecule has 4 nitrogen and oxygen atoms in total. The first-order chi connectivity index (χ1) is 9.19. The molecule has 0 aliphatic rings. The molecule has 2 aromatic rings. The number of nitrogens with two attached hydrogens (primary N) is 1. The molecule has 0 spiro atoms. The van der Waals surface area contributed by atoms with Crippen molar-refractivity contribution in [2.24, 2.45) is 0 Å². The normalized spacial score (nSPS) is 10.4. The van der Waals surface area contributed by atoms with Gasteiger partial charge in [-0.15, -0.1) is 0 Å². The van der Waals surface area contributed by atoms with E-state index in [1.165, 1.54) is 18.4 Å². The summed E-state index contributed by atoms with van der Waals surface area (Å²) in [5.74, 6) is 1.35. The Morgan fingerprint density at radius 3 is 2.68 bits per heavy atom. The van der Waals surface area contributed by atoms with Crippen molar-refractivity contribution in [3.8, 4) is 11.6 Å². The molecule has 0 unspecified atom stereocenters. The fraction of sp³-hybridized carbons (Fsp3) is 0.286. The molecule has 0 radical (unpaired) electrons. The number of rotatable bonds is 5. The van der Waals surface area contributed by atoms with Crippen LogP contribution >= 0.6 is 15.9 Å². The Morgan fingerprint density at radius 2 is 2.00 bits per heavy atom. The van der Waals surface area contributed by atoms with Gasteiger partial charge in [-0.1, -0.05) is 25.5 Å². The van der Waals surface area contributed by atoms with E-state index in [9.17, 15) is 0 Å². The highest BCUT2D eigenvalue weighted by Gasteiger charge is 2.06. The third-order valence-corrected chi connectivity index (χ3v) is 3.23. The van der Waals surface area contributed by atoms with E-state index in [0.29, 0.717) is 10.4 Å². The molecular weight excluding hydrogens is 306 g/mol. The molecule has 0 aliphatic heterocycles. The number of halogens is 1. The van der Waals surface area contributed by atoms with Crippen LogP contribution in [0.1, 0.15) is 25.3 Å². The predicted octanol–water partition coefficient (Wildman–Crippen LogP) is 3.96. The lowest BCUT2D eigenvalue weighted by Gasteiger charge is -2.07. The van der Waals surface area contributed by atoms with E-state index in [-0.39, 0.29) is 5.95 Å². The Bertz CT molecular complexity index is 543. The number of anilines is 1. The lowest BCUT2D eigenvalue weighted by molar-refractivity contribution is 0.459. The zero-order chi connectivity index (χ0) is 13.7. The van der Waals surface area contributed by atoms with Crippen LogP contribution in [0.15, 0.2) is 34.9 Å². The van der Waals surface area contributed by atoms with Crippen molar-refractivity contribution >= 4 is 21.9 Å². The number of aromatic nitrogens is 2. The summed E-state index contributed by atoms with van der Waals surface area (Å²) in [6.07, 6.45) is 5.08. The highest BCUT2D eigenvalue weighted by Crippen LogP contribution is 2.27. The second-order valence-electron chi connectivity index (χ2n) is 4.23. The van der Waals surface area contributed by atoms with Crippen LogP contribution in [0.5, 0.6) is 11.6 Å². The standard InChI is InChI=1S/C14H16BrN3O/c1-2-3-4-10-5-7-11(8-6-10)19-13-12(15)9-17-14(16)18-13/h5-9H,2-4H2,1H3,(H2,16,17,18). The monoisotopic (exact) mass is 321 g/mol. The van der Waals surface area contributed by atoms with E-state index in [0.717, 1.165) is 12.2 Å². The summed E-state index contributed by atoms with van der Waals surface area (Å²) in [4.78, 5) is 7.91. The van der Waals surface area contributed by atoms with Crippen molar-refractivity contribution in [3.05, 3.63) is 40.5 Å². The Morgan fingerprint density at radius 1 is 1.26 bits per heavy atom. The second kappa shape index (κ2) is 6.52. The van der Waals surface area contributed by atoms with Crippen molar-refractivity contribution in [2.45, 2.75) is 26.2 Å². The lowest BCUT2D eigenvalue weighted by atomic mass is 10.1. The average Bonchev–Trinajstić information content (AvgIpc) is 2.42. The predicted molar refractivity (Wildman–Crippen MR) is 79.3 cm³/mol. The summed E-state index contributed by atoms with van der Waals surface area (Å²) < 4.78 is 6.35. The van der Waals surface area contributed by atoms with E-state index < -0.39 is 0 Å². The first-order valence-corrected chi connectivity index (χ1v) is 7.03. The first-order valence-electron chi connectivity index (χ1n) is 6.24. The van der Waals surface area contributed by atoms with E-state index in [4.69, 9.17) is 10.5 Å². The number of hydrogen-bond acceptors (Lipinski definition) is 4. The molecule has 5 heteroatoms. The maximum atomic E-state index is 5.67. The zero-order valence-electron chi connectivity index (χ0n) is 10.8. The summed E-state index contributed by atoms with van der Waals surface area (Å²) in [7, 11) is 0. The summed E-state index contributed by atoms with van der Waals surface area (Å²) in [5.41, 5.74) is 6.85. The van der Waals surface area contributed by atoms with Crippen molar-refractivity contribution in [1.82, 2.24) is 9.97 Å². The van der Waals surface area contributed by atoms with Gasteiger partial charge >= 0.3 is 0 Å². The Labute approximate surface area is 121 Å². The molecule has 0 aliphatic carbocycles. The maximum absolute atomic E-state index is 5.67. The van der Waals surface area contributed by atoms with Gasteiger partial charge in [0.15, 0.2) is 0 Å². The Balaban J connectivity index is 2.08. The third kappa shape index (κ3) is 3.92. The van der Waals surface area contributed by atoms with E-state index in [2.05, 4.69) is 45.0 Å². The van der Waals surface area contributed by atoms with Crippen LogP contribution < -0.4 is 10.5 Å². The molecular formula is C14H16BrN3O. The second-order valence-corrected chi connectivity index (χ2v) is 5.09. The number of nitrogens with zero attached hydrogens (tertiary/aromatic N) is 2. The molecule has 0 fully saturated rings. The van der Waals surface area contributed by atoms with Crippen LogP contribution in [0.2, 0.25) is 0 Å². The minimum atomic E-state index is 0.192. The molecule has 19 heavy (non-hydrogen) atoms. The van der Waals surface area contributed by atoms with Crippen LogP contribution in [-0.4, -0.2) is 9.97 Å². The van der Waals surface area contributed by atoms with Gasteiger partial charge in [-0.3, -0.25) is 0 Å². The van der Waals surface area contributed by atoms with Crippen LogP contribution in [0.3, 0.4) is 0 Å². The zero-order valence-corrected chi connectivity index (χ0v) is 12.4. The molecule has 0 bridgehead atoms. The SMILES string of the molecule is CCCCc1ccc(Oc2nc(N)ncc2Br)cc1. The minimum Gasteiger partial charge on any atom is -0.438 e. The van der Waals surface area contributed by atoms with Gasteiger partial charge in [0.25, 0.3) is 0 Å². The number of hydrogen-bond donors (Lipinski definition) is 1. The summed E-state index contributed by atoms with van der Waals surface area (Å²) in [5, 5.41) is 0. The third-order valence-electron chi connectivity index (χ3n) is 2.69. The number of benzene rings is 1. The molecule has 2 N–H and O–H groups in total. The van der Waals surface area contributed by atoms with Gasteiger partial charge < -0.3 is 10.5 Å². The fourth-order valence-electron chi connectivity index (χ4n) is 1.65. The number of ether oxygens (including phenoxy) is 1. The molecule has 1 heterocycles. The van der Waals surface area contributed by atoms with Gasteiger partial charge in [0.1, 0.15) is 5.75 Å². The average molecular weight is 322 g/mol. The van der Waals surface area contributed by atoms with Gasteiger partial charge in [-0.2, -0.15) is 4.98 Å².